The Balaban J connectivity index is 2.23. The SMILES string of the molecule is CC1C(=O)N2COC[C@H]2C1C. The Morgan fingerprint density at radius 3 is 2.91 bits per heavy atom. The fraction of sp³-hybridized carbons (Fsp3) is 0.875. The second-order valence-corrected chi connectivity index (χ2v) is 3.52. The monoisotopic (exact) mass is 155 g/mol. The molecule has 2 rings (SSSR count). The molecular formula is C8H13NO2. The highest BCUT2D eigenvalue weighted by molar-refractivity contribution is 5.81. The molecule has 0 bridgehead atoms. The number of rotatable bonds is 0. The summed E-state index contributed by atoms with van der Waals surface area (Å²) in [6, 6.07) is 0.359. The molecule has 2 saturated heterocycles. The van der Waals surface area contributed by atoms with E-state index in [1.165, 1.54) is 0 Å². The first-order chi connectivity index (χ1) is 5.22. The van der Waals surface area contributed by atoms with Gasteiger partial charge in [-0.05, 0) is 5.92 Å². The van der Waals surface area contributed by atoms with Crippen molar-refractivity contribution < 1.29 is 9.53 Å². The molecule has 0 aliphatic carbocycles. The van der Waals surface area contributed by atoms with Crippen molar-refractivity contribution >= 4 is 5.91 Å². The molecule has 2 unspecified atom stereocenters. The van der Waals surface area contributed by atoms with Crippen molar-refractivity contribution in [2.45, 2.75) is 19.9 Å². The molecule has 62 valence electrons. The van der Waals surface area contributed by atoms with Crippen LogP contribution in [0, 0.1) is 11.8 Å². The van der Waals surface area contributed by atoms with Gasteiger partial charge in [-0.2, -0.15) is 0 Å². The number of amides is 1. The van der Waals surface area contributed by atoms with Gasteiger partial charge in [-0.15, -0.1) is 0 Å². The Labute approximate surface area is 66.3 Å². The van der Waals surface area contributed by atoms with E-state index in [4.69, 9.17) is 4.74 Å². The molecule has 0 radical (unpaired) electrons. The highest BCUT2D eigenvalue weighted by atomic mass is 16.5. The molecule has 3 heteroatoms. The maximum atomic E-state index is 11.4. The van der Waals surface area contributed by atoms with Gasteiger partial charge in [0.1, 0.15) is 6.73 Å². The third-order valence-corrected chi connectivity index (χ3v) is 2.99. The molecule has 11 heavy (non-hydrogen) atoms. The van der Waals surface area contributed by atoms with Crippen molar-refractivity contribution in [3.8, 4) is 0 Å². The van der Waals surface area contributed by atoms with Crippen molar-refractivity contribution in [2.24, 2.45) is 11.8 Å². The fourth-order valence-corrected chi connectivity index (χ4v) is 1.94. The zero-order chi connectivity index (χ0) is 8.01. The van der Waals surface area contributed by atoms with Crippen LogP contribution < -0.4 is 0 Å². The summed E-state index contributed by atoms with van der Waals surface area (Å²) >= 11 is 0. The molecule has 0 aromatic heterocycles. The Morgan fingerprint density at radius 2 is 2.27 bits per heavy atom. The predicted molar refractivity (Wildman–Crippen MR) is 39.8 cm³/mol. The number of carbonyl (C=O) groups is 1. The van der Waals surface area contributed by atoms with Crippen LogP contribution in [-0.2, 0) is 9.53 Å². The summed E-state index contributed by atoms with van der Waals surface area (Å²) in [5.74, 6) is 0.925. The van der Waals surface area contributed by atoms with Crippen LogP contribution in [-0.4, -0.2) is 30.2 Å². The van der Waals surface area contributed by atoms with E-state index in [2.05, 4.69) is 6.92 Å². The summed E-state index contributed by atoms with van der Waals surface area (Å²) < 4.78 is 5.21. The summed E-state index contributed by atoms with van der Waals surface area (Å²) in [6.45, 7) is 5.38. The van der Waals surface area contributed by atoms with Gasteiger partial charge in [0.2, 0.25) is 5.91 Å². The first-order valence-electron chi connectivity index (χ1n) is 4.10. The van der Waals surface area contributed by atoms with Crippen molar-refractivity contribution in [3.05, 3.63) is 0 Å². The number of ether oxygens (including phenoxy) is 1. The lowest BCUT2D eigenvalue weighted by Gasteiger charge is -2.13. The largest absolute Gasteiger partial charge is 0.359 e. The molecule has 3 atom stereocenters. The summed E-state index contributed by atoms with van der Waals surface area (Å²) in [5, 5.41) is 0. The number of fused-ring (bicyclic) bond motifs is 1. The normalized spacial score (nSPS) is 43.3. The van der Waals surface area contributed by atoms with Gasteiger partial charge in [-0.25, -0.2) is 0 Å². The third-order valence-electron chi connectivity index (χ3n) is 2.99. The van der Waals surface area contributed by atoms with Gasteiger partial charge < -0.3 is 9.64 Å². The average molecular weight is 155 g/mol. The summed E-state index contributed by atoms with van der Waals surface area (Å²) in [7, 11) is 0. The molecule has 2 fully saturated rings. The van der Waals surface area contributed by atoms with Gasteiger partial charge >= 0.3 is 0 Å². The number of hydrogen-bond donors (Lipinski definition) is 0. The fourth-order valence-electron chi connectivity index (χ4n) is 1.94. The second-order valence-electron chi connectivity index (χ2n) is 3.52. The van der Waals surface area contributed by atoms with Gasteiger partial charge in [0.05, 0.1) is 12.6 Å². The zero-order valence-corrected chi connectivity index (χ0v) is 6.91. The van der Waals surface area contributed by atoms with Crippen molar-refractivity contribution in [1.82, 2.24) is 4.90 Å². The molecular weight excluding hydrogens is 142 g/mol. The highest BCUT2D eigenvalue weighted by Gasteiger charge is 2.45. The van der Waals surface area contributed by atoms with Gasteiger partial charge in [-0.3, -0.25) is 4.79 Å². The van der Waals surface area contributed by atoms with Crippen molar-refractivity contribution in [2.75, 3.05) is 13.3 Å². The van der Waals surface area contributed by atoms with Crippen molar-refractivity contribution in [1.29, 1.82) is 0 Å². The highest BCUT2D eigenvalue weighted by Crippen LogP contribution is 2.33. The molecule has 0 aromatic rings. The number of nitrogens with zero attached hydrogens (tertiary/aromatic N) is 1. The third kappa shape index (κ3) is 0.805. The minimum absolute atomic E-state index is 0.198. The Bertz CT molecular complexity index is 193. The van der Waals surface area contributed by atoms with Crippen molar-refractivity contribution in [3.63, 3.8) is 0 Å². The van der Waals surface area contributed by atoms with E-state index in [0.29, 0.717) is 18.7 Å². The Kier molecular flexibility index (Phi) is 1.42. The van der Waals surface area contributed by atoms with E-state index >= 15 is 0 Å². The maximum Gasteiger partial charge on any atom is 0.227 e. The predicted octanol–water partition coefficient (Wildman–Crippen LogP) is 0.457. The summed E-state index contributed by atoms with van der Waals surface area (Å²) in [6.07, 6.45) is 0. The van der Waals surface area contributed by atoms with Crippen LogP contribution in [0.3, 0.4) is 0 Å². The Morgan fingerprint density at radius 1 is 1.55 bits per heavy atom. The van der Waals surface area contributed by atoms with E-state index in [-0.39, 0.29) is 11.8 Å². The van der Waals surface area contributed by atoms with E-state index < -0.39 is 0 Å². The topological polar surface area (TPSA) is 29.5 Å². The quantitative estimate of drug-likeness (QED) is 0.508. The molecule has 2 aliphatic heterocycles. The lowest BCUT2D eigenvalue weighted by atomic mass is 9.94. The summed E-state index contributed by atoms with van der Waals surface area (Å²) in [5.41, 5.74) is 0. The lowest BCUT2D eigenvalue weighted by Crippen LogP contribution is -2.29. The zero-order valence-electron chi connectivity index (χ0n) is 6.91. The molecule has 0 aromatic carbocycles. The van der Waals surface area contributed by atoms with Gasteiger partial charge in [0, 0.05) is 5.92 Å². The van der Waals surface area contributed by atoms with Crippen LogP contribution in [0.1, 0.15) is 13.8 Å². The maximum absolute atomic E-state index is 11.4. The van der Waals surface area contributed by atoms with Crippen LogP contribution in [0.15, 0.2) is 0 Å². The molecule has 0 saturated carbocycles. The van der Waals surface area contributed by atoms with Gasteiger partial charge in [-0.1, -0.05) is 13.8 Å². The van der Waals surface area contributed by atoms with Crippen LogP contribution in [0.25, 0.3) is 0 Å². The molecule has 2 heterocycles. The first-order valence-corrected chi connectivity index (χ1v) is 4.10. The number of carbonyl (C=O) groups excluding carboxylic acids is 1. The molecule has 2 aliphatic rings. The van der Waals surface area contributed by atoms with E-state index in [9.17, 15) is 4.79 Å². The van der Waals surface area contributed by atoms with Crippen LogP contribution in [0.5, 0.6) is 0 Å². The smallest absolute Gasteiger partial charge is 0.227 e. The average Bonchev–Trinajstić information content (AvgIpc) is 2.53. The van der Waals surface area contributed by atoms with E-state index in [1.54, 1.807) is 0 Å². The Hall–Kier alpha value is -0.570. The minimum atomic E-state index is 0.198. The molecule has 0 N–H and O–H groups in total. The lowest BCUT2D eigenvalue weighted by molar-refractivity contribution is -0.132. The molecule has 0 spiro atoms. The van der Waals surface area contributed by atoms with Crippen LogP contribution in [0.2, 0.25) is 0 Å². The number of hydrogen-bond acceptors (Lipinski definition) is 2. The van der Waals surface area contributed by atoms with E-state index in [1.807, 2.05) is 11.8 Å². The van der Waals surface area contributed by atoms with Gasteiger partial charge in [0.25, 0.3) is 0 Å². The standard InChI is InChI=1S/C8H13NO2/c1-5-6(2)8(10)9-4-11-3-7(5)9/h5-7H,3-4H2,1-2H3/t5?,6?,7-/m0/s1. The van der Waals surface area contributed by atoms with Crippen LogP contribution in [0.4, 0.5) is 0 Å². The van der Waals surface area contributed by atoms with E-state index in [0.717, 1.165) is 6.61 Å². The van der Waals surface area contributed by atoms with Crippen LogP contribution >= 0.6 is 0 Å². The summed E-state index contributed by atoms with van der Waals surface area (Å²) in [4.78, 5) is 13.3. The first kappa shape index (κ1) is 7.10. The van der Waals surface area contributed by atoms with Gasteiger partial charge in [0.15, 0.2) is 0 Å². The second kappa shape index (κ2) is 2.21. The molecule has 3 nitrogen and oxygen atoms in total. The minimum Gasteiger partial charge on any atom is -0.359 e. The molecule has 1 amide bonds.